The molecule has 4 aromatic heterocycles. The van der Waals surface area contributed by atoms with Gasteiger partial charge in [-0.05, 0) is 51.9 Å². The van der Waals surface area contributed by atoms with Crippen molar-refractivity contribution in [3.63, 3.8) is 0 Å². The Morgan fingerprint density at radius 1 is 0.468 bits per heavy atom. The second kappa shape index (κ2) is 9.25. The fourth-order valence-corrected chi connectivity index (χ4v) is 8.77. The van der Waals surface area contributed by atoms with Gasteiger partial charge in [0.05, 0.1) is 22.1 Å². The monoisotopic (exact) mass is 617 g/mol. The van der Waals surface area contributed by atoms with E-state index >= 15 is 0 Å². The highest BCUT2D eigenvalue weighted by molar-refractivity contribution is 7.25. The number of furan rings is 1. The van der Waals surface area contributed by atoms with E-state index in [1.807, 2.05) is 23.5 Å². The van der Waals surface area contributed by atoms with Crippen molar-refractivity contribution in [1.82, 2.24) is 14.5 Å². The van der Waals surface area contributed by atoms with Gasteiger partial charge in [-0.15, -0.1) is 11.3 Å². The molecule has 0 fully saturated rings. The normalized spacial score (nSPS) is 12.3. The molecule has 0 atom stereocenters. The van der Waals surface area contributed by atoms with E-state index < -0.39 is 0 Å². The van der Waals surface area contributed by atoms with Gasteiger partial charge in [0.2, 0.25) is 11.7 Å². The Kier molecular flexibility index (Phi) is 4.96. The molecule has 7 aromatic carbocycles. The van der Waals surface area contributed by atoms with Crippen molar-refractivity contribution in [3.05, 3.63) is 140 Å². The van der Waals surface area contributed by atoms with Crippen LogP contribution in [0, 0.1) is 0 Å². The van der Waals surface area contributed by atoms with E-state index in [1.54, 1.807) is 0 Å². The Bertz CT molecular complexity index is 3000. The number of rotatable bonds is 2. The highest BCUT2D eigenvalue weighted by atomic mass is 32.1. The van der Waals surface area contributed by atoms with Gasteiger partial charge in [-0.3, -0.25) is 4.57 Å². The summed E-state index contributed by atoms with van der Waals surface area (Å²) in [4.78, 5) is 10.7. The molecule has 0 aliphatic rings. The Morgan fingerprint density at radius 2 is 1.09 bits per heavy atom. The molecule has 4 heterocycles. The summed E-state index contributed by atoms with van der Waals surface area (Å²) < 4.78 is 11.3. The van der Waals surface area contributed by atoms with Crippen molar-refractivity contribution >= 4 is 96.9 Å². The van der Waals surface area contributed by atoms with Crippen LogP contribution in [0.3, 0.4) is 0 Å². The van der Waals surface area contributed by atoms with Crippen LogP contribution in [-0.2, 0) is 0 Å². The third kappa shape index (κ3) is 3.41. The van der Waals surface area contributed by atoms with Crippen molar-refractivity contribution in [2.75, 3.05) is 0 Å². The summed E-state index contributed by atoms with van der Waals surface area (Å²) in [6.45, 7) is 0. The molecule has 0 spiro atoms. The molecule has 0 aliphatic heterocycles. The average molecular weight is 618 g/mol. The predicted octanol–water partition coefficient (Wildman–Crippen LogP) is 11.8. The van der Waals surface area contributed by atoms with Crippen molar-refractivity contribution in [2.45, 2.75) is 0 Å². The van der Waals surface area contributed by atoms with Crippen molar-refractivity contribution in [1.29, 1.82) is 0 Å². The van der Waals surface area contributed by atoms with Gasteiger partial charge < -0.3 is 4.42 Å². The quantitative estimate of drug-likeness (QED) is 0.194. The maximum atomic E-state index is 6.54. The summed E-state index contributed by atoms with van der Waals surface area (Å²) in [7, 11) is 0. The minimum Gasteiger partial charge on any atom is -0.437 e. The maximum Gasteiger partial charge on any atom is 0.238 e. The third-order valence-corrected chi connectivity index (χ3v) is 10.8. The number of para-hydroxylation sites is 1. The van der Waals surface area contributed by atoms with E-state index in [1.165, 1.54) is 52.5 Å². The Hall–Kier alpha value is -6.04. The largest absolute Gasteiger partial charge is 0.437 e. The maximum absolute atomic E-state index is 6.54. The van der Waals surface area contributed by atoms with Crippen LogP contribution in [0.5, 0.6) is 0 Å². The minimum absolute atomic E-state index is 0.583. The van der Waals surface area contributed by atoms with Gasteiger partial charge in [-0.1, -0.05) is 109 Å². The van der Waals surface area contributed by atoms with E-state index in [0.29, 0.717) is 11.7 Å². The van der Waals surface area contributed by atoms with Crippen LogP contribution in [0.25, 0.3) is 103 Å². The number of aromatic nitrogens is 3. The molecule has 0 bridgehead atoms. The number of benzene rings is 7. The molecule has 0 saturated heterocycles. The first-order valence-corrected chi connectivity index (χ1v) is 16.6. The van der Waals surface area contributed by atoms with E-state index in [9.17, 15) is 0 Å². The molecule has 11 rings (SSSR count). The number of thiophene rings is 1. The summed E-state index contributed by atoms with van der Waals surface area (Å²) in [6, 6.07) is 49.5. The lowest BCUT2D eigenvalue weighted by molar-refractivity contribution is 0.651. The Balaban J connectivity index is 1.34. The number of hydrogen-bond donors (Lipinski definition) is 0. The zero-order valence-corrected chi connectivity index (χ0v) is 25.8. The molecule has 47 heavy (non-hydrogen) atoms. The fourth-order valence-electron chi connectivity index (χ4n) is 7.64. The van der Waals surface area contributed by atoms with Gasteiger partial charge in [-0.2, -0.15) is 4.98 Å². The third-order valence-electron chi connectivity index (χ3n) is 9.63. The van der Waals surface area contributed by atoms with Crippen molar-refractivity contribution < 1.29 is 4.42 Å². The fraction of sp³-hybridized carbons (Fsp3) is 0. The van der Waals surface area contributed by atoms with Crippen LogP contribution in [0.2, 0.25) is 0 Å². The summed E-state index contributed by atoms with van der Waals surface area (Å²) in [5.74, 6) is 0.591. The van der Waals surface area contributed by atoms with E-state index in [4.69, 9.17) is 14.4 Å². The lowest BCUT2D eigenvalue weighted by Crippen LogP contribution is -2.03. The molecule has 0 saturated carbocycles. The highest BCUT2D eigenvalue weighted by Gasteiger charge is 2.24. The SMILES string of the molecule is c1ccc2c(c1)ccc1c2c2c3ccccc3ccc2n1-c1nc(-c2cccc3sc4ccccc4c23)c2c(n1)oc1ccccc12. The lowest BCUT2D eigenvalue weighted by atomic mass is 10.00. The van der Waals surface area contributed by atoms with Crippen LogP contribution in [0.15, 0.2) is 144 Å². The molecule has 0 radical (unpaired) electrons. The number of fused-ring (bicyclic) bond motifs is 13. The number of hydrogen-bond acceptors (Lipinski definition) is 4. The van der Waals surface area contributed by atoms with E-state index in [0.717, 1.165) is 38.6 Å². The van der Waals surface area contributed by atoms with Crippen LogP contribution < -0.4 is 0 Å². The van der Waals surface area contributed by atoms with Gasteiger partial charge in [0.25, 0.3) is 0 Å². The van der Waals surface area contributed by atoms with E-state index in [-0.39, 0.29) is 0 Å². The Labute approximate surface area is 271 Å². The zero-order chi connectivity index (χ0) is 30.6. The highest BCUT2D eigenvalue weighted by Crippen LogP contribution is 2.45. The summed E-state index contributed by atoms with van der Waals surface area (Å²) >= 11 is 1.82. The van der Waals surface area contributed by atoms with Crippen LogP contribution >= 0.6 is 11.3 Å². The molecule has 5 heteroatoms. The molecule has 218 valence electrons. The van der Waals surface area contributed by atoms with Gasteiger partial charge in [0.15, 0.2) is 0 Å². The van der Waals surface area contributed by atoms with Gasteiger partial charge in [0, 0.05) is 41.9 Å². The standard InChI is InChI=1S/C42H23N3OS/c1-3-12-26-24(10-1)20-22-31-37(26)38-27-13-4-2-11-25(27)21-23-32(38)45(31)42-43-40(39-28-14-5-7-17-33(28)46-41(39)44-42)30-16-9-19-35-36(30)29-15-6-8-18-34(29)47-35/h1-23H. The molecule has 0 amide bonds. The molecular formula is C42H23N3OS. The minimum atomic E-state index is 0.583. The predicted molar refractivity (Wildman–Crippen MR) is 197 cm³/mol. The Morgan fingerprint density at radius 3 is 1.83 bits per heavy atom. The van der Waals surface area contributed by atoms with Gasteiger partial charge in [0.1, 0.15) is 5.58 Å². The summed E-state index contributed by atoms with van der Waals surface area (Å²) in [5.41, 5.74) is 5.47. The summed E-state index contributed by atoms with van der Waals surface area (Å²) in [5, 5.41) is 11.6. The van der Waals surface area contributed by atoms with Gasteiger partial charge in [-0.25, -0.2) is 4.98 Å². The van der Waals surface area contributed by atoms with Crippen LogP contribution in [-0.4, -0.2) is 14.5 Å². The lowest BCUT2D eigenvalue weighted by Gasteiger charge is -2.11. The van der Waals surface area contributed by atoms with Crippen molar-refractivity contribution in [2.24, 2.45) is 0 Å². The molecule has 0 unspecified atom stereocenters. The van der Waals surface area contributed by atoms with E-state index in [2.05, 4.69) is 132 Å². The molecule has 0 aliphatic carbocycles. The first kappa shape index (κ1) is 25.2. The van der Waals surface area contributed by atoms with Crippen molar-refractivity contribution in [3.8, 4) is 17.2 Å². The molecule has 4 nitrogen and oxygen atoms in total. The first-order valence-electron chi connectivity index (χ1n) is 15.8. The van der Waals surface area contributed by atoms with Gasteiger partial charge >= 0.3 is 0 Å². The first-order chi connectivity index (χ1) is 23.3. The second-order valence-corrected chi connectivity index (χ2v) is 13.2. The summed E-state index contributed by atoms with van der Waals surface area (Å²) in [6.07, 6.45) is 0. The smallest absolute Gasteiger partial charge is 0.238 e. The van der Waals surface area contributed by atoms with Crippen LogP contribution in [0.4, 0.5) is 0 Å². The number of nitrogens with zero attached hydrogens (tertiary/aromatic N) is 3. The van der Waals surface area contributed by atoms with Crippen LogP contribution in [0.1, 0.15) is 0 Å². The molecular weight excluding hydrogens is 595 g/mol. The molecule has 0 N–H and O–H groups in total. The molecule has 11 aromatic rings. The zero-order valence-electron chi connectivity index (χ0n) is 24.9. The topological polar surface area (TPSA) is 43.9 Å². The average Bonchev–Trinajstić information content (AvgIpc) is 3.80. The second-order valence-electron chi connectivity index (χ2n) is 12.1.